The third kappa shape index (κ3) is 2.91. The lowest BCUT2D eigenvalue weighted by atomic mass is 9.96. The lowest BCUT2D eigenvalue weighted by molar-refractivity contribution is 0.250. The van der Waals surface area contributed by atoms with E-state index in [-0.39, 0.29) is 12.0 Å². The molecule has 2 N–H and O–H groups in total. The summed E-state index contributed by atoms with van der Waals surface area (Å²) in [6, 6.07) is 6.56. The molecule has 0 amide bonds. The molecule has 1 heterocycles. The summed E-state index contributed by atoms with van der Waals surface area (Å²) in [5.41, 5.74) is 5.92. The van der Waals surface area contributed by atoms with Crippen molar-refractivity contribution in [1.29, 1.82) is 0 Å². The lowest BCUT2D eigenvalue weighted by Crippen LogP contribution is -2.48. The summed E-state index contributed by atoms with van der Waals surface area (Å²) in [7, 11) is -1.87. The predicted molar refractivity (Wildman–Crippen MR) is 73.5 cm³/mol. The minimum atomic E-state index is -3.42. The molecular weight excluding hydrogens is 264 g/mol. The summed E-state index contributed by atoms with van der Waals surface area (Å²) in [5.74, 6) is 0.828. The van der Waals surface area contributed by atoms with E-state index in [0.29, 0.717) is 30.2 Å². The highest BCUT2D eigenvalue weighted by molar-refractivity contribution is 7.89. The van der Waals surface area contributed by atoms with Crippen LogP contribution in [-0.4, -0.2) is 39.0 Å². The summed E-state index contributed by atoms with van der Waals surface area (Å²) in [6.07, 6.45) is 0.705. The van der Waals surface area contributed by atoms with Crippen LogP contribution >= 0.6 is 0 Å². The summed E-state index contributed by atoms with van der Waals surface area (Å²) < 4.78 is 31.5. The standard InChI is InChI=1S/C13H20N2O3S/c1-10-9-15(8-7-13(10)14)19(16,17)12-5-3-11(18-2)4-6-12/h3-6,10,13H,7-9,14H2,1-2H3. The second kappa shape index (κ2) is 5.48. The quantitative estimate of drug-likeness (QED) is 0.900. The zero-order chi connectivity index (χ0) is 14.0. The fourth-order valence-corrected chi connectivity index (χ4v) is 3.80. The van der Waals surface area contributed by atoms with Crippen LogP contribution in [-0.2, 0) is 10.0 Å². The van der Waals surface area contributed by atoms with Crippen molar-refractivity contribution in [3.05, 3.63) is 24.3 Å². The van der Waals surface area contributed by atoms with Gasteiger partial charge in [-0.15, -0.1) is 0 Å². The van der Waals surface area contributed by atoms with E-state index in [2.05, 4.69) is 0 Å². The molecule has 0 radical (unpaired) electrons. The Kier molecular flexibility index (Phi) is 4.13. The average Bonchev–Trinajstić information content (AvgIpc) is 2.41. The van der Waals surface area contributed by atoms with Crippen LogP contribution in [0.25, 0.3) is 0 Å². The lowest BCUT2D eigenvalue weighted by Gasteiger charge is -2.34. The summed E-state index contributed by atoms with van der Waals surface area (Å²) >= 11 is 0. The Hall–Kier alpha value is -1.11. The Labute approximate surface area is 114 Å². The fraction of sp³-hybridized carbons (Fsp3) is 0.538. The van der Waals surface area contributed by atoms with Gasteiger partial charge >= 0.3 is 0 Å². The molecule has 0 spiro atoms. The Bertz CT molecular complexity index is 527. The highest BCUT2D eigenvalue weighted by Gasteiger charge is 2.31. The van der Waals surface area contributed by atoms with Gasteiger partial charge in [0.25, 0.3) is 0 Å². The number of benzene rings is 1. The summed E-state index contributed by atoms with van der Waals surface area (Å²) in [4.78, 5) is 0.302. The number of nitrogens with zero attached hydrogens (tertiary/aromatic N) is 1. The van der Waals surface area contributed by atoms with Crippen molar-refractivity contribution in [3.63, 3.8) is 0 Å². The van der Waals surface area contributed by atoms with E-state index in [1.807, 2.05) is 6.92 Å². The number of ether oxygens (including phenoxy) is 1. The van der Waals surface area contributed by atoms with Crippen LogP contribution in [0.4, 0.5) is 0 Å². The molecule has 0 bridgehead atoms. The SMILES string of the molecule is COc1ccc(S(=O)(=O)N2CCC(N)C(C)C2)cc1. The van der Waals surface area contributed by atoms with Crippen LogP contribution in [0.1, 0.15) is 13.3 Å². The number of piperidine rings is 1. The van der Waals surface area contributed by atoms with E-state index in [0.717, 1.165) is 0 Å². The first kappa shape index (κ1) is 14.3. The van der Waals surface area contributed by atoms with Crippen molar-refractivity contribution in [2.24, 2.45) is 11.7 Å². The number of rotatable bonds is 3. The van der Waals surface area contributed by atoms with E-state index in [1.165, 1.54) is 4.31 Å². The van der Waals surface area contributed by atoms with Crippen molar-refractivity contribution in [2.75, 3.05) is 20.2 Å². The predicted octanol–water partition coefficient (Wildman–Crippen LogP) is 1.05. The maximum atomic E-state index is 12.5. The molecule has 5 nitrogen and oxygen atoms in total. The molecule has 2 atom stereocenters. The van der Waals surface area contributed by atoms with Gasteiger partial charge in [-0.25, -0.2) is 8.42 Å². The molecule has 6 heteroatoms. The van der Waals surface area contributed by atoms with E-state index >= 15 is 0 Å². The molecule has 0 saturated carbocycles. The van der Waals surface area contributed by atoms with E-state index in [4.69, 9.17) is 10.5 Å². The molecular formula is C13H20N2O3S. The van der Waals surface area contributed by atoms with Crippen molar-refractivity contribution < 1.29 is 13.2 Å². The number of hydrogen-bond acceptors (Lipinski definition) is 4. The largest absolute Gasteiger partial charge is 0.497 e. The second-order valence-corrected chi connectivity index (χ2v) is 6.91. The van der Waals surface area contributed by atoms with Gasteiger partial charge in [0.15, 0.2) is 0 Å². The van der Waals surface area contributed by atoms with Gasteiger partial charge in [-0.05, 0) is 36.6 Å². The molecule has 19 heavy (non-hydrogen) atoms. The molecule has 1 aromatic carbocycles. The maximum Gasteiger partial charge on any atom is 0.243 e. The number of hydrogen-bond donors (Lipinski definition) is 1. The highest BCUT2D eigenvalue weighted by atomic mass is 32.2. The Balaban J connectivity index is 2.21. The Morgan fingerprint density at radius 2 is 1.95 bits per heavy atom. The highest BCUT2D eigenvalue weighted by Crippen LogP contribution is 2.24. The maximum absolute atomic E-state index is 12.5. The topological polar surface area (TPSA) is 72.6 Å². The first-order chi connectivity index (χ1) is 8.95. The van der Waals surface area contributed by atoms with Gasteiger partial charge in [0.1, 0.15) is 5.75 Å². The minimum Gasteiger partial charge on any atom is -0.497 e. The summed E-state index contributed by atoms with van der Waals surface area (Å²) in [6.45, 7) is 2.95. The average molecular weight is 284 g/mol. The van der Waals surface area contributed by atoms with Gasteiger partial charge in [-0.2, -0.15) is 4.31 Å². The first-order valence-electron chi connectivity index (χ1n) is 6.35. The van der Waals surface area contributed by atoms with Crippen LogP contribution < -0.4 is 10.5 Å². The van der Waals surface area contributed by atoms with Crippen molar-refractivity contribution in [3.8, 4) is 5.75 Å². The van der Waals surface area contributed by atoms with Crippen LogP contribution in [0.3, 0.4) is 0 Å². The van der Waals surface area contributed by atoms with Gasteiger partial charge < -0.3 is 10.5 Å². The van der Waals surface area contributed by atoms with E-state index in [1.54, 1.807) is 31.4 Å². The molecule has 1 aliphatic heterocycles. The fourth-order valence-electron chi connectivity index (χ4n) is 2.24. The minimum absolute atomic E-state index is 0.0855. The van der Waals surface area contributed by atoms with Crippen molar-refractivity contribution >= 4 is 10.0 Å². The van der Waals surface area contributed by atoms with Crippen molar-refractivity contribution in [2.45, 2.75) is 24.3 Å². The Morgan fingerprint density at radius 3 is 2.47 bits per heavy atom. The Morgan fingerprint density at radius 1 is 1.32 bits per heavy atom. The molecule has 1 fully saturated rings. The zero-order valence-corrected chi connectivity index (χ0v) is 12.1. The smallest absolute Gasteiger partial charge is 0.243 e. The van der Waals surface area contributed by atoms with Crippen LogP contribution in [0.5, 0.6) is 5.75 Å². The number of methoxy groups -OCH3 is 1. The molecule has 106 valence electrons. The third-order valence-corrected chi connectivity index (χ3v) is 5.51. The second-order valence-electron chi connectivity index (χ2n) is 4.97. The molecule has 0 aliphatic carbocycles. The van der Waals surface area contributed by atoms with Gasteiger partial charge in [0, 0.05) is 19.1 Å². The molecule has 1 saturated heterocycles. The zero-order valence-electron chi connectivity index (χ0n) is 11.2. The molecule has 2 unspecified atom stereocenters. The third-order valence-electron chi connectivity index (χ3n) is 3.63. The summed E-state index contributed by atoms with van der Waals surface area (Å²) in [5, 5.41) is 0. The molecule has 1 aliphatic rings. The monoisotopic (exact) mass is 284 g/mol. The first-order valence-corrected chi connectivity index (χ1v) is 7.79. The van der Waals surface area contributed by atoms with Gasteiger partial charge in [-0.3, -0.25) is 0 Å². The molecule has 0 aromatic heterocycles. The molecule has 1 aromatic rings. The number of sulfonamides is 1. The van der Waals surface area contributed by atoms with Crippen LogP contribution in [0, 0.1) is 5.92 Å². The number of nitrogens with two attached hydrogens (primary N) is 1. The molecule has 2 rings (SSSR count). The van der Waals surface area contributed by atoms with Gasteiger partial charge in [0.2, 0.25) is 10.0 Å². The van der Waals surface area contributed by atoms with Gasteiger partial charge in [0.05, 0.1) is 12.0 Å². The van der Waals surface area contributed by atoms with Crippen LogP contribution in [0.2, 0.25) is 0 Å². The van der Waals surface area contributed by atoms with Crippen LogP contribution in [0.15, 0.2) is 29.2 Å². The van der Waals surface area contributed by atoms with Gasteiger partial charge in [-0.1, -0.05) is 6.92 Å². The van der Waals surface area contributed by atoms with E-state index in [9.17, 15) is 8.42 Å². The van der Waals surface area contributed by atoms with Crippen molar-refractivity contribution in [1.82, 2.24) is 4.31 Å². The normalized spacial score (nSPS) is 25.2. The van der Waals surface area contributed by atoms with E-state index < -0.39 is 10.0 Å².